The predicted octanol–water partition coefficient (Wildman–Crippen LogP) is 7.77. The van der Waals surface area contributed by atoms with Crippen LogP contribution in [0, 0.1) is 29.6 Å². The summed E-state index contributed by atoms with van der Waals surface area (Å²) in [5.41, 5.74) is 1.53. The van der Waals surface area contributed by atoms with E-state index in [1.807, 2.05) is 0 Å². The third-order valence-electron chi connectivity index (χ3n) is 8.51. The molecular formula is C27H40O. The molecule has 0 bridgehead atoms. The van der Waals surface area contributed by atoms with Gasteiger partial charge < -0.3 is 4.74 Å². The van der Waals surface area contributed by atoms with Crippen LogP contribution in [0.15, 0.2) is 36.9 Å². The lowest BCUT2D eigenvalue weighted by molar-refractivity contribution is 0.0716. The molecule has 0 radical (unpaired) electrons. The average Bonchev–Trinajstić information content (AvgIpc) is 2.77. The molecule has 4 atom stereocenters. The van der Waals surface area contributed by atoms with Crippen molar-refractivity contribution in [2.45, 2.75) is 83.5 Å². The molecule has 4 rings (SSSR count). The van der Waals surface area contributed by atoms with E-state index in [2.05, 4.69) is 37.8 Å². The maximum atomic E-state index is 5.65. The number of benzene rings is 1. The van der Waals surface area contributed by atoms with E-state index >= 15 is 0 Å². The Labute approximate surface area is 173 Å². The summed E-state index contributed by atoms with van der Waals surface area (Å²) in [4.78, 5) is 0. The topological polar surface area (TPSA) is 9.23 Å². The van der Waals surface area contributed by atoms with Gasteiger partial charge in [0.05, 0.1) is 0 Å². The maximum absolute atomic E-state index is 5.65. The van der Waals surface area contributed by atoms with Gasteiger partial charge in [0.1, 0.15) is 12.4 Å². The Hall–Kier alpha value is -1.24. The summed E-state index contributed by atoms with van der Waals surface area (Å²) in [5, 5.41) is 0. The fourth-order valence-electron chi connectivity index (χ4n) is 6.72. The third-order valence-corrected chi connectivity index (χ3v) is 8.51. The van der Waals surface area contributed by atoms with E-state index in [1.165, 1.54) is 69.8 Å². The molecule has 0 spiro atoms. The quantitative estimate of drug-likeness (QED) is 0.458. The van der Waals surface area contributed by atoms with Crippen LogP contribution >= 0.6 is 0 Å². The van der Waals surface area contributed by atoms with E-state index in [4.69, 9.17) is 4.74 Å². The third kappa shape index (κ3) is 4.66. The highest BCUT2D eigenvalue weighted by atomic mass is 16.5. The smallest absolute Gasteiger partial charge is 0.119 e. The van der Waals surface area contributed by atoms with Crippen LogP contribution in [-0.4, -0.2) is 6.61 Å². The van der Waals surface area contributed by atoms with Crippen LogP contribution in [0.1, 0.15) is 89.0 Å². The second-order valence-corrected chi connectivity index (χ2v) is 9.96. The van der Waals surface area contributed by atoms with Gasteiger partial charge in [-0.2, -0.15) is 0 Å². The van der Waals surface area contributed by atoms with Crippen molar-refractivity contribution in [3.05, 3.63) is 42.5 Å². The van der Waals surface area contributed by atoms with E-state index in [1.54, 1.807) is 12.5 Å². The molecule has 0 heterocycles. The molecule has 0 saturated heterocycles. The van der Waals surface area contributed by atoms with Crippen LogP contribution < -0.4 is 4.74 Å². The van der Waals surface area contributed by atoms with Crippen molar-refractivity contribution in [2.24, 2.45) is 29.6 Å². The summed E-state index contributed by atoms with van der Waals surface area (Å²) < 4.78 is 5.65. The molecule has 3 saturated carbocycles. The minimum Gasteiger partial charge on any atom is -0.490 e. The van der Waals surface area contributed by atoms with Crippen LogP contribution in [0.3, 0.4) is 0 Å². The van der Waals surface area contributed by atoms with Gasteiger partial charge in [-0.25, -0.2) is 0 Å². The van der Waals surface area contributed by atoms with Gasteiger partial charge >= 0.3 is 0 Å². The molecule has 1 nitrogen and oxygen atoms in total. The summed E-state index contributed by atoms with van der Waals surface area (Å²) in [7, 11) is 0. The van der Waals surface area contributed by atoms with Crippen molar-refractivity contribution in [3.8, 4) is 5.75 Å². The summed E-state index contributed by atoms with van der Waals surface area (Å²) in [6.07, 6.45) is 18.2. The van der Waals surface area contributed by atoms with Crippen LogP contribution in [0.25, 0.3) is 0 Å². The van der Waals surface area contributed by atoms with Gasteiger partial charge in [-0.1, -0.05) is 51.0 Å². The zero-order valence-corrected chi connectivity index (χ0v) is 18.0. The lowest BCUT2D eigenvalue weighted by Crippen LogP contribution is -2.34. The zero-order valence-electron chi connectivity index (χ0n) is 18.0. The Morgan fingerprint density at radius 1 is 0.821 bits per heavy atom. The largest absolute Gasteiger partial charge is 0.490 e. The lowest BCUT2D eigenvalue weighted by Gasteiger charge is -2.45. The van der Waals surface area contributed by atoms with Crippen molar-refractivity contribution in [1.29, 1.82) is 0 Å². The van der Waals surface area contributed by atoms with Crippen LogP contribution in [0.2, 0.25) is 0 Å². The van der Waals surface area contributed by atoms with Crippen molar-refractivity contribution in [3.63, 3.8) is 0 Å². The van der Waals surface area contributed by atoms with E-state index in [0.29, 0.717) is 6.61 Å². The Kier molecular flexibility index (Phi) is 6.81. The molecule has 0 amide bonds. The Balaban J connectivity index is 1.29. The van der Waals surface area contributed by atoms with Gasteiger partial charge in [0, 0.05) is 0 Å². The van der Waals surface area contributed by atoms with Crippen LogP contribution in [0.4, 0.5) is 0 Å². The monoisotopic (exact) mass is 380 g/mol. The highest BCUT2D eigenvalue weighted by Crippen LogP contribution is 2.51. The predicted molar refractivity (Wildman–Crippen MR) is 119 cm³/mol. The molecular weight excluding hydrogens is 340 g/mol. The van der Waals surface area contributed by atoms with Crippen LogP contribution in [-0.2, 0) is 0 Å². The van der Waals surface area contributed by atoms with Crippen molar-refractivity contribution < 1.29 is 4.74 Å². The number of ether oxygens (including phenoxy) is 1. The highest BCUT2D eigenvalue weighted by molar-refractivity contribution is 5.30. The number of rotatable bonds is 6. The van der Waals surface area contributed by atoms with Crippen LogP contribution in [0.5, 0.6) is 5.75 Å². The molecule has 154 valence electrons. The fraction of sp³-hybridized carbons (Fsp3) is 0.704. The lowest BCUT2D eigenvalue weighted by atomic mass is 9.60. The van der Waals surface area contributed by atoms with Gasteiger partial charge in [-0.15, -0.1) is 0 Å². The standard InChI is InChI=1S/C27H40O/c1-3-17-28-27-15-13-22(14-16-27)24-10-12-25-18-23(9-11-26(25)19-24)21-7-5-20(4-2)6-8-21/h3,13-16,20-21,23-26H,1,4-12,17-19H2,2H3. The molecule has 28 heavy (non-hydrogen) atoms. The normalized spacial score (nSPS) is 35.8. The maximum Gasteiger partial charge on any atom is 0.119 e. The van der Waals surface area contributed by atoms with Gasteiger partial charge in [-0.3, -0.25) is 0 Å². The van der Waals surface area contributed by atoms with Crippen molar-refractivity contribution in [1.82, 2.24) is 0 Å². The Morgan fingerprint density at radius 3 is 2.11 bits per heavy atom. The molecule has 1 aromatic rings. The molecule has 1 aromatic carbocycles. The Morgan fingerprint density at radius 2 is 1.43 bits per heavy atom. The first-order valence-corrected chi connectivity index (χ1v) is 12.1. The Bertz CT molecular complexity index is 610. The van der Waals surface area contributed by atoms with E-state index < -0.39 is 0 Å². The summed E-state index contributed by atoms with van der Waals surface area (Å²) in [5.74, 6) is 6.90. The second kappa shape index (κ2) is 9.51. The fourth-order valence-corrected chi connectivity index (χ4v) is 6.72. The second-order valence-electron chi connectivity index (χ2n) is 9.96. The van der Waals surface area contributed by atoms with Gasteiger partial charge in [0.2, 0.25) is 0 Å². The number of fused-ring (bicyclic) bond motifs is 1. The number of hydrogen-bond acceptors (Lipinski definition) is 1. The van der Waals surface area contributed by atoms with Crippen molar-refractivity contribution in [2.75, 3.05) is 6.61 Å². The zero-order chi connectivity index (χ0) is 19.3. The molecule has 0 N–H and O–H groups in total. The van der Waals surface area contributed by atoms with Gasteiger partial charge in [-0.05, 0) is 105 Å². The molecule has 4 unspecified atom stereocenters. The molecule has 3 aliphatic carbocycles. The highest BCUT2D eigenvalue weighted by Gasteiger charge is 2.38. The van der Waals surface area contributed by atoms with Gasteiger partial charge in [0.25, 0.3) is 0 Å². The minimum absolute atomic E-state index is 0.591. The van der Waals surface area contributed by atoms with E-state index in [-0.39, 0.29) is 0 Å². The first-order chi connectivity index (χ1) is 13.8. The molecule has 1 heteroatoms. The van der Waals surface area contributed by atoms with E-state index in [9.17, 15) is 0 Å². The summed E-state index contributed by atoms with van der Waals surface area (Å²) in [6.45, 7) is 6.70. The molecule has 3 aliphatic rings. The molecule has 3 fully saturated rings. The number of hydrogen-bond donors (Lipinski definition) is 0. The van der Waals surface area contributed by atoms with E-state index in [0.717, 1.165) is 41.3 Å². The minimum atomic E-state index is 0.591. The first kappa shape index (κ1) is 20.0. The average molecular weight is 381 g/mol. The SMILES string of the molecule is C=CCOc1ccc(C2CCC3CC(C4CCC(CC)CC4)CCC3C2)cc1. The summed E-state index contributed by atoms with van der Waals surface area (Å²) >= 11 is 0. The molecule has 0 aromatic heterocycles. The van der Waals surface area contributed by atoms with Crippen molar-refractivity contribution >= 4 is 0 Å². The van der Waals surface area contributed by atoms with Gasteiger partial charge in [0.15, 0.2) is 0 Å². The summed E-state index contributed by atoms with van der Waals surface area (Å²) in [6, 6.07) is 8.91. The molecule has 0 aliphatic heterocycles. The first-order valence-electron chi connectivity index (χ1n) is 12.1.